The van der Waals surface area contributed by atoms with E-state index in [9.17, 15) is 0 Å². The number of nitrogens with zero attached hydrogens (tertiary/aromatic N) is 4. The average molecular weight is 526 g/mol. The number of aromatic nitrogens is 4. The maximum atomic E-state index is 6.43. The van der Waals surface area contributed by atoms with Gasteiger partial charge in [-0.25, -0.2) is 4.98 Å². The molecular weight excluding hydrogens is 494 g/mol. The minimum atomic E-state index is 0.290. The van der Waals surface area contributed by atoms with Crippen molar-refractivity contribution in [3.05, 3.63) is 58.5 Å². The first-order valence-electron chi connectivity index (χ1n) is 12.1. The van der Waals surface area contributed by atoms with E-state index >= 15 is 0 Å². The zero-order chi connectivity index (χ0) is 26.4. The summed E-state index contributed by atoms with van der Waals surface area (Å²) in [7, 11) is 6.54. The number of rotatable bonds is 12. The molecule has 4 aromatic rings. The lowest BCUT2D eigenvalue weighted by atomic mass is 10.1. The standard InChI is InChI=1S/C27H32ClN5O4/c1-6-7-8-23-29-24-25(30-23)27(32-31-26(24)28)33(15-17-9-11-19(34-2)13-21(17)36-4)16-18-10-12-20(35-3)14-22(18)37-5/h9-14H,6-8,15-16H2,1-5H3,(H,29,30). The SMILES string of the molecule is CCCCc1nc2c(N(Cc3ccc(OC)cc3OC)Cc3ccc(OC)cc3OC)nnc(Cl)c2[nH]1. The highest BCUT2D eigenvalue weighted by Gasteiger charge is 2.22. The second kappa shape index (κ2) is 12.0. The summed E-state index contributed by atoms with van der Waals surface area (Å²) in [6, 6.07) is 11.5. The maximum absolute atomic E-state index is 6.43. The highest BCUT2D eigenvalue weighted by atomic mass is 35.5. The third-order valence-electron chi connectivity index (χ3n) is 6.18. The summed E-state index contributed by atoms with van der Waals surface area (Å²) >= 11 is 6.43. The minimum absolute atomic E-state index is 0.290. The van der Waals surface area contributed by atoms with E-state index in [0.717, 1.165) is 36.2 Å². The molecule has 10 heteroatoms. The number of halogens is 1. The fourth-order valence-electron chi connectivity index (χ4n) is 4.18. The quantitative estimate of drug-likeness (QED) is 0.256. The third kappa shape index (κ3) is 5.83. The molecular formula is C27H32ClN5O4. The van der Waals surface area contributed by atoms with E-state index in [0.29, 0.717) is 52.9 Å². The smallest absolute Gasteiger partial charge is 0.180 e. The molecule has 4 rings (SSSR count). The van der Waals surface area contributed by atoms with Gasteiger partial charge in [0, 0.05) is 42.8 Å². The van der Waals surface area contributed by atoms with Crippen molar-refractivity contribution in [1.29, 1.82) is 0 Å². The first-order valence-corrected chi connectivity index (χ1v) is 12.5. The molecule has 0 aliphatic rings. The molecule has 0 saturated heterocycles. The summed E-state index contributed by atoms with van der Waals surface area (Å²) in [4.78, 5) is 10.3. The molecule has 2 aromatic heterocycles. The second-order valence-corrected chi connectivity index (χ2v) is 8.89. The van der Waals surface area contributed by atoms with Gasteiger partial charge in [0.15, 0.2) is 11.0 Å². The molecule has 0 unspecified atom stereocenters. The van der Waals surface area contributed by atoms with E-state index in [2.05, 4.69) is 27.0 Å². The number of aromatic amines is 1. The van der Waals surface area contributed by atoms with Crippen LogP contribution in [0.25, 0.3) is 11.0 Å². The van der Waals surface area contributed by atoms with Crippen molar-refractivity contribution in [2.45, 2.75) is 39.3 Å². The van der Waals surface area contributed by atoms with E-state index < -0.39 is 0 Å². The number of imidazole rings is 1. The van der Waals surface area contributed by atoms with E-state index in [1.807, 2.05) is 36.4 Å². The van der Waals surface area contributed by atoms with Crippen molar-refractivity contribution in [3.8, 4) is 23.0 Å². The number of benzene rings is 2. The molecule has 0 aliphatic heterocycles. The van der Waals surface area contributed by atoms with Crippen molar-refractivity contribution in [3.63, 3.8) is 0 Å². The molecule has 0 fully saturated rings. The third-order valence-corrected chi connectivity index (χ3v) is 6.45. The Balaban J connectivity index is 1.82. The van der Waals surface area contributed by atoms with Crippen LogP contribution in [0, 0.1) is 0 Å². The lowest BCUT2D eigenvalue weighted by Crippen LogP contribution is -2.24. The lowest BCUT2D eigenvalue weighted by molar-refractivity contribution is 0.389. The van der Waals surface area contributed by atoms with Gasteiger partial charge in [0.25, 0.3) is 0 Å². The van der Waals surface area contributed by atoms with E-state index in [1.165, 1.54) is 0 Å². The van der Waals surface area contributed by atoms with Crippen LogP contribution >= 0.6 is 11.6 Å². The lowest BCUT2D eigenvalue weighted by Gasteiger charge is -2.26. The van der Waals surface area contributed by atoms with Gasteiger partial charge in [-0.15, -0.1) is 10.2 Å². The molecule has 0 saturated carbocycles. The number of hydrogen-bond acceptors (Lipinski definition) is 8. The molecule has 0 aliphatic carbocycles. The van der Waals surface area contributed by atoms with E-state index in [-0.39, 0.29) is 5.15 Å². The molecule has 37 heavy (non-hydrogen) atoms. The first kappa shape index (κ1) is 26.3. The van der Waals surface area contributed by atoms with Crippen molar-refractivity contribution < 1.29 is 18.9 Å². The number of H-pyrrole nitrogens is 1. The molecule has 9 nitrogen and oxygen atoms in total. The maximum Gasteiger partial charge on any atom is 0.180 e. The second-order valence-electron chi connectivity index (χ2n) is 8.54. The van der Waals surface area contributed by atoms with Gasteiger partial charge in [-0.05, 0) is 30.7 Å². The van der Waals surface area contributed by atoms with Gasteiger partial charge < -0.3 is 28.8 Å². The van der Waals surface area contributed by atoms with Gasteiger partial charge in [-0.1, -0.05) is 24.9 Å². The van der Waals surface area contributed by atoms with Crippen molar-refractivity contribution in [1.82, 2.24) is 20.2 Å². The molecule has 0 bridgehead atoms. The molecule has 2 aromatic carbocycles. The Hall–Kier alpha value is -3.72. The predicted molar refractivity (Wildman–Crippen MR) is 144 cm³/mol. The molecule has 1 N–H and O–H groups in total. The summed E-state index contributed by atoms with van der Waals surface area (Å²) in [5.41, 5.74) is 3.24. The summed E-state index contributed by atoms with van der Waals surface area (Å²) in [5, 5.41) is 9.04. The number of nitrogens with one attached hydrogen (secondary N) is 1. The number of unbranched alkanes of at least 4 members (excludes halogenated alkanes) is 1. The van der Waals surface area contributed by atoms with Crippen LogP contribution in [-0.4, -0.2) is 48.6 Å². The van der Waals surface area contributed by atoms with Crippen LogP contribution in [0.15, 0.2) is 36.4 Å². The van der Waals surface area contributed by atoms with Gasteiger partial charge in [-0.3, -0.25) is 0 Å². The van der Waals surface area contributed by atoms with Gasteiger partial charge in [0.1, 0.15) is 39.9 Å². The Morgan fingerprint density at radius 1 is 0.838 bits per heavy atom. The van der Waals surface area contributed by atoms with Crippen LogP contribution in [0.2, 0.25) is 5.15 Å². The summed E-state index contributed by atoms with van der Waals surface area (Å²) in [6.07, 6.45) is 2.90. The van der Waals surface area contributed by atoms with Gasteiger partial charge in [0.05, 0.1) is 28.4 Å². The largest absolute Gasteiger partial charge is 0.497 e. The van der Waals surface area contributed by atoms with Gasteiger partial charge in [0.2, 0.25) is 0 Å². The number of aryl methyl sites for hydroxylation is 1. The van der Waals surface area contributed by atoms with Crippen LogP contribution in [0.3, 0.4) is 0 Å². The molecule has 196 valence electrons. The number of hydrogen-bond donors (Lipinski definition) is 1. The minimum Gasteiger partial charge on any atom is -0.497 e. The first-order chi connectivity index (χ1) is 18.0. The Morgan fingerprint density at radius 2 is 1.43 bits per heavy atom. The van der Waals surface area contributed by atoms with Crippen LogP contribution in [0.5, 0.6) is 23.0 Å². The van der Waals surface area contributed by atoms with Crippen LogP contribution in [-0.2, 0) is 19.5 Å². The molecule has 0 radical (unpaired) electrons. The Kier molecular flexibility index (Phi) is 8.55. The van der Waals surface area contributed by atoms with Crippen molar-refractivity contribution in [2.75, 3.05) is 33.3 Å². The number of fused-ring (bicyclic) bond motifs is 1. The number of methoxy groups -OCH3 is 4. The Bertz CT molecular complexity index is 1300. The average Bonchev–Trinajstić information content (AvgIpc) is 3.37. The summed E-state index contributed by atoms with van der Waals surface area (Å²) < 4.78 is 22.1. The molecule has 0 spiro atoms. The molecule has 0 amide bonds. The van der Waals surface area contributed by atoms with Gasteiger partial charge >= 0.3 is 0 Å². The summed E-state index contributed by atoms with van der Waals surface area (Å²) in [6.45, 7) is 3.08. The highest BCUT2D eigenvalue weighted by Crippen LogP contribution is 2.34. The Labute approximate surface area is 221 Å². The highest BCUT2D eigenvalue weighted by molar-refractivity contribution is 6.33. The fourth-order valence-corrected chi connectivity index (χ4v) is 4.35. The topological polar surface area (TPSA) is 94.6 Å². The van der Waals surface area contributed by atoms with Crippen LogP contribution < -0.4 is 23.8 Å². The van der Waals surface area contributed by atoms with E-state index in [4.69, 9.17) is 35.5 Å². The Morgan fingerprint density at radius 3 is 1.95 bits per heavy atom. The zero-order valence-electron chi connectivity index (χ0n) is 21.8. The summed E-state index contributed by atoms with van der Waals surface area (Å²) in [5.74, 6) is 4.30. The normalized spacial score (nSPS) is 11.0. The zero-order valence-corrected chi connectivity index (χ0v) is 22.6. The molecule has 2 heterocycles. The molecule has 0 atom stereocenters. The fraction of sp³-hybridized carbons (Fsp3) is 0.370. The van der Waals surface area contributed by atoms with Crippen LogP contribution in [0.4, 0.5) is 5.82 Å². The predicted octanol–water partition coefficient (Wildman–Crippen LogP) is 5.59. The van der Waals surface area contributed by atoms with Crippen molar-refractivity contribution >= 4 is 28.5 Å². The monoisotopic (exact) mass is 525 g/mol. The number of anilines is 1. The van der Waals surface area contributed by atoms with E-state index in [1.54, 1.807) is 28.4 Å². The van der Waals surface area contributed by atoms with Crippen LogP contribution in [0.1, 0.15) is 36.7 Å². The number of ether oxygens (including phenoxy) is 4. The van der Waals surface area contributed by atoms with Gasteiger partial charge in [-0.2, -0.15) is 0 Å². The van der Waals surface area contributed by atoms with Crippen molar-refractivity contribution in [2.24, 2.45) is 0 Å².